The summed E-state index contributed by atoms with van der Waals surface area (Å²) in [5, 5.41) is 12.2. The number of hydrogen-bond acceptors (Lipinski definition) is 3. The monoisotopic (exact) mass is 197 g/mol. The van der Waals surface area contributed by atoms with Crippen LogP contribution < -0.4 is 5.32 Å². The zero-order valence-electron chi connectivity index (χ0n) is 8.63. The SMILES string of the molecule is CC(=O)C1=C(O)[C@H](CC(C)C)NC1=O. The quantitative estimate of drug-likeness (QED) is 0.661. The predicted octanol–water partition coefficient (Wildman–Crippen LogP) is 0.932. The summed E-state index contributed by atoms with van der Waals surface area (Å²) >= 11 is 0. The molecule has 0 saturated heterocycles. The van der Waals surface area contributed by atoms with Gasteiger partial charge in [-0.1, -0.05) is 13.8 Å². The van der Waals surface area contributed by atoms with Gasteiger partial charge in [-0.3, -0.25) is 9.59 Å². The van der Waals surface area contributed by atoms with Crippen LogP contribution in [0.1, 0.15) is 27.2 Å². The van der Waals surface area contributed by atoms with Crippen molar-refractivity contribution in [3.05, 3.63) is 11.3 Å². The zero-order chi connectivity index (χ0) is 10.9. The first kappa shape index (κ1) is 10.8. The average molecular weight is 197 g/mol. The van der Waals surface area contributed by atoms with Gasteiger partial charge in [0, 0.05) is 0 Å². The summed E-state index contributed by atoms with van der Waals surface area (Å²) in [5.41, 5.74) is -0.0874. The second-order valence-electron chi connectivity index (χ2n) is 3.97. The van der Waals surface area contributed by atoms with E-state index < -0.39 is 5.91 Å². The Morgan fingerprint density at radius 3 is 2.50 bits per heavy atom. The smallest absolute Gasteiger partial charge is 0.258 e. The van der Waals surface area contributed by atoms with E-state index in [0.717, 1.165) is 0 Å². The maximum absolute atomic E-state index is 11.3. The number of aliphatic hydroxyl groups excluding tert-OH is 1. The van der Waals surface area contributed by atoms with Crippen LogP contribution in [0.25, 0.3) is 0 Å². The van der Waals surface area contributed by atoms with E-state index in [1.807, 2.05) is 13.8 Å². The molecule has 4 heteroatoms. The number of rotatable bonds is 3. The van der Waals surface area contributed by atoms with Gasteiger partial charge in [0.2, 0.25) is 0 Å². The summed E-state index contributed by atoms with van der Waals surface area (Å²) in [5.74, 6) is -0.586. The molecule has 2 N–H and O–H groups in total. The van der Waals surface area contributed by atoms with Crippen molar-refractivity contribution in [3.63, 3.8) is 0 Å². The van der Waals surface area contributed by atoms with Crippen LogP contribution in [0.15, 0.2) is 11.3 Å². The Morgan fingerprint density at radius 1 is 1.57 bits per heavy atom. The fourth-order valence-corrected chi connectivity index (χ4v) is 1.57. The number of nitrogens with one attached hydrogen (secondary N) is 1. The number of ketones is 1. The molecule has 1 atom stereocenters. The Kier molecular flexibility index (Phi) is 2.93. The van der Waals surface area contributed by atoms with Gasteiger partial charge >= 0.3 is 0 Å². The van der Waals surface area contributed by atoms with Gasteiger partial charge in [0.05, 0.1) is 6.04 Å². The molecule has 0 aromatic heterocycles. The van der Waals surface area contributed by atoms with E-state index in [9.17, 15) is 14.7 Å². The van der Waals surface area contributed by atoms with Crippen LogP contribution in [0, 0.1) is 5.92 Å². The normalized spacial score (nSPS) is 21.7. The largest absolute Gasteiger partial charge is 0.509 e. The minimum absolute atomic E-state index is 0.0874. The Morgan fingerprint density at radius 2 is 2.14 bits per heavy atom. The molecule has 0 saturated carbocycles. The molecule has 1 heterocycles. The summed E-state index contributed by atoms with van der Waals surface area (Å²) in [6.45, 7) is 5.26. The summed E-state index contributed by atoms with van der Waals surface area (Å²) in [4.78, 5) is 22.3. The van der Waals surface area contributed by atoms with Gasteiger partial charge in [-0.15, -0.1) is 0 Å². The highest BCUT2D eigenvalue weighted by Gasteiger charge is 2.34. The van der Waals surface area contributed by atoms with Crippen molar-refractivity contribution in [1.29, 1.82) is 0 Å². The number of carbonyl (C=O) groups excluding carboxylic acids is 2. The lowest BCUT2D eigenvalue weighted by Gasteiger charge is -2.12. The van der Waals surface area contributed by atoms with Crippen molar-refractivity contribution in [2.45, 2.75) is 33.2 Å². The van der Waals surface area contributed by atoms with Gasteiger partial charge in [0.25, 0.3) is 5.91 Å². The highest BCUT2D eigenvalue weighted by molar-refractivity contribution is 6.20. The molecule has 0 radical (unpaired) electrons. The second kappa shape index (κ2) is 3.82. The average Bonchev–Trinajstić information content (AvgIpc) is 2.25. The van der Waals surface area contributed by atoms with Crippen LogP contribution in [0.4, 0.5) is 0 Å². The van der Waals surface area contributed by atoms with E-state index in [2.05, 4.69) is 5.32 Å². The van der Waals surface area contributed by atoms with Gasteiger partial charge < -0.3 is 10.4 Å². The van der Waals surface area contributed by atoms with Gasteiger partial charge in [0.1, 0.15) is 11.3 Å². The number of aliphatic hydroxyl groups is 1. The summed E-state index contributed by atoms with van der Waals surface area (Å²) in [7, 11) is 0. The van der Waals surface area contributed by atoms with Gasteiger partial charge in [-0.2, -0.15) is 0 Å². The lowest BCUT2D eigenvalue weighted by atomic mass is 10.0. The van der Waals surface area contributed by atoms with E-state index in [-0.39, 0.29) is 23.2 Å². The Balaban J connectivity index is 2.87. The molecular weight excluding hydrogens is 182 g/mol. The molecule has 1 amide bonds. The summed E-state index contributed by atoms with van der Waals surface area (Å²) in [6.07, 6.45) is 0.647. The van der Waals surface area contributed by atoms with Gasteiger partial charge in [0.15, 0.2) is 5.78 Å². The standard InChI is InChI=1S/C10H15NO3/c1-5(2)4-7-9(13)8(6(3)12)10(14)11-7/h5,7,13H,4H2,1-3H3,(H,11,14)/t7-/m0/s1. The van der Waals surface area contributed by atoms with E-state index in [1.165, 1.54) is 6.92 Å². The first-order chi connectivity index (χ1) is 6.43. The molecule has 0 bridgehead atoms. The molecule has 78 valence electrons. The van der Waals surface area contributed by atoms with Crippen molar-refractivity contribution in [2.24, 2.45) is 5.92 Å². The predicted molar refractivity (Wildman–Crippen MR) is 51.7 cm³/mol. The molecule has 1 aliphatic heterocycles. The van der Waals surface area contributed by atoms with Crippen LogP contribution in [-0.2, 0) is 9.59 Å². The first-order valence-electron chi connectivity index (χ1n) is 4.68. The molecule has 0 aromatic carbocycles. The molecule has 4 nitrogen and oxygen atoms in total. The lowest BCUT2D eigenvalue weighted by Crippen LogP contribution is -2.30. The van der Waals surface area contributed by atoms with Crippen molar-refractivity contribution in [1.82, 2.24) is 5.32 Å². The highest BCUT2D eigenvalue weighted by Crippen LogP contribution is 2.20. The van der Waals surface area contributed by atoms with Crippen LogP contribution >= 0.6 is 0 Å². The summed E-state index contributed by atoms with van der Waals surface area (Å²) in [6, 6.07) is -0.388. The Hall–Kier alpha value is -1.32. The molecular formula is C10H15NO3. The van der Waals surface area contributed by atoms with Gasteiger partial charge in [-0.25, -0.2) is 0 Å². The fraction of sp³-hybridized carbons (Fsp3) is 0.600. The van der Waals surface area contributed by atoms with E-state index >= 15 is 0 Å². The molecule has 14 heavy (non-hydrogen) atoms. The number of Topliss-reactive ketones (excluding diaryl/α,β-unsaturated/α-hetero) is 1. The van der Waals surface area contributed by atoms with Crippen molar-refractivity contribution < 1.29 is 14.7 Å². The van der Waals surface area contributed by atoms with Gasteiger partial charge in [-0.05, 0) is 19.3 Å². The third-order valence-electron chi connectivity index (χ3n) is 2.18. The lowest BCUT2D eigenvalue weighted by molar-refractivity contribution is -0.121. The van der Waals surface area contributed by atoms with E-state index in [4.69, 9.17) is 0 Å². The maximum Gasteiger partial charge on any atom is 0.258 e. The Labute approximate surface area is 83.0 Å². The highest BCUT2D eigenvalue weighted by atomic mass is 16.3. The first-order valence-corrected chi connectivity index (χ1v) is 4.68. The van der Waals surface area contributed by atoms with Crippen LogP contribution in [-0.4, -0.2) is 22.8 Å². The molecule has 0 fully saturated rings. The van der Waals surface area contributed by atoms with Crippen molar-refractivity contribution >= 4 is 11.7 Å². The maximum atomic E-state index is 11.3. The second-order valence-corrected chi connectivity index (χ2v) is 3.97. The fourth-order valence-electron chi connectivity index (χ4n) is 1.57. The third kappa shape index (κ3) is 1.95. The van der Waals surface area contributed by atoms with Crippen LogP contribution in [0.3, 0.4) is 0 Å². The molecule has 0 spiro atoms. The molecule has 0 unspecified atom stereocenters. The number of carbonyl (C=O) groups is 2. The number of amides is 1. The van der Waals surface area contributed by atoms with Crippen molar-refractivity contribution in [3.8, 4) is 0 Å². The minimum Gasteiger partial charge on any atom is -0.509 e. The minimum atomic E-state index is -0.458. The molecule has 1 aliphatic rings. The molecule has 1 rings (SSSR count). The van der Waals surface area contributed by atoms with E-state index in [1.54, 1.807) is 0 Å². The number of hydrogen-bond donors (Lipinski definition) is 2. The Bertz CT molecular complexity index is 304. The third-order valence-corrected chi connectivity index (χ3v) is 2.18. The van der Waals surface area contributed by atoms with Crippen molar-refractivity contribution in [2.75, 3.05) is 0 Å². The molecule has 0 aliphatic carbocycles. The van der Waals surface area contributed by atoms with Crippen LogP contribution in [0.2, 0.25) is 0 Å². The molecule has 0 aromatic rings. The summed E-state index contributed by atoms with van der Waals surface area (Å²) < 4.78 is 0. The van der Waals surface area contributed by atoms with Crippen LogP contribution in [0.5, 0.6) is 0 Å². The zero-order valence-corrected chi connectivity index (χ0v) is 8.63. The van der Waals surface area contributed by atoms with E-state index in [0.29, 0.717) is 12.3 Å². The topological polar surface area (TPSA) is 66.4 Å².